The maximum absolute atomic E-state index is 13.0. The van der Waals surface area contributed by atoms with Gasteiger partial charge in [0.1, 0.15) is 0 Å². The van der Waals surface area contributed by atoms with E-state index in [2.05, 4.69) is 5.32 Å². The summed E-state index contributed by atoms with van der Waals surface area (Å²) in [7, 11) is 0. The lowest BCUT2D eigenvalue weighted by Gasteiger charge is -2.20. The van der Waals surface area contributed by atoms with E-state index in [-0.39, 0.29) is 25.1 Å². The highest BCUT2D eigenvalue weighted by Gasteiger charge is 2.41. The van der Waals surface area contributed by atoms with E-state index in [0.717, 1.165) is 5.56 Å². The maximum atomic E-state index is 13.0. The highest BCUT2D eigenvalue weighted by molar-refractivity contribution is 5.13. The van der Waals surface area contributed by atoms with E-state index in [4.69, 9.17) is 4.74 Å². The number of hydrogen-bond acceptors (Lipinski definition) is 2. The number of nitrogens with one attached hydrogen (secondary N) is 1. The largest absolute Gasteiger partial charge is 0.372 e. The monoisotopic (exact) mass is 241 g/mol. The molecule has 2 atom stereocenters. The Morgan fingerprint density at radius 2 is 2.12 bits per heavy atom. The van der Waals surface area contributed by atoms with E-state index in [0.29, 0.717) is 6.61 Å². The third kappa shape index (κ3) is 3.48. The summed E-state index contributed by atoms with van der Waals surface area (Å²) in [5.74, 6) is -2.59. The summed E-state index contributed by atoms with van der Waals surface area (Å²) in [5, 5.41) is 2.81. The Morgan fingerprint density at radius 3 is 2.71 bits per heavy atom. The first-order valence-electron chi connectivity index (χ1n) is 5.83. The fourth-order valence-electron chi connectivity index (χ4n) is 2.00. The van der Waals surface area contributed by atoms with E-state index >= 15 is 0 Å². The van der Waals surface area contributed by atoms with Crippen LogP contribution in [0, 0.1) is 0 Å². The fraction of sp³-hybridized carbons (Fsp3) is 0.538. The van der Waals surface area contributed by atoms with Crippen molar-refractivity contribution in [3.8, 4) is 0 Å². The summed E-state index contributed by atoms with van der Waals surface area (Å²) < 4.78 is 31.6. The second kappa shape index (κ2) is 5.10. The summed E-state index contributed by atoms with van der Waals surface area (Å²) in [5.41, 5.74) is 1.06. The second-order valence-corrected chi connectivity index (χ2v) is 4.55. The minimum atomic E-state index is -2.59. The van der Waals surface area contributed by atoms with E-state index < -0.39 is 5.92 Å². The van der Waals surface area contributed by atoms with Gasteiger partial charge in [-0.05, 0) is 12.5 Å². The number of alkyl halides is 2. The second-order valence-electron chi connectivity index (χ2n) is 4.55. The van der Waals surface area contributed by atoms with Crippen molar-refractivity contribution in [2.24, 2.45) is 0 Å². The lowest BCUT2D eigenvalue weighted by atomic mass is 10.1. The molecule has 94 valence electrons. The minimum absolute atomic E-state index is 0.136. The van der Waals surface area contributed by atoms with Crippen LogP contribution in [0.2, 0.25) is 0 Å². The van der Waals surface area contributed by atoms with Crippen molar-refractivity contribution in [2.45, 2.75) is 38.0 Å². The Balaban J connectivity index is 1.80. The van der Waals surface area contributed by atoms with Crippen LogP contribution in [0.25, 0.3) is 0 Å². The van der Waals surface area contributed by atoms with Crippen LogP contribution in [0.1, 0.15) is 18.9 Å². The Hall–Kier alpha value is -1.00. The van der Waals surface area contributed by atoms with Crippen LogP contribution >= 0.6 is 0 Å². The smallest absolute Gasteiger partial charge is 0.261 e. The average molecular weight is 241 g/mol. The molecule has 1 aliphatic rings. The molecule has 2 rings (SSSR count). The first-order valence-corrected chi connectivity index (χ1v) is 5.83. The molecule has 1 heterocycles. The summed E-state index contributed by atoms with van der Waals surface area (Å²) in [6.07, 6.45) is -0.341. The molecule has 1 N–H and O–H groups in total. The van der Waals surface area contributed by atoms with Gasteiger partial charge in [0.25, 0.3) is 5.92 Å². The quantitative estimate of drug-likeness (QED) is 0.874. The molecule has 1 fully saturated rings. The van der Waals surface area contributed by atoms with E-state index in [1.165, 1.54) is 0 Å². The van der Waals surface area contributed by atoms with Gasteiger partial charge in [0.05, 0.1) is 19.3 Å². The van der Waals surface area contributed by atoms with E-state index in [1.54, 1.807) is 0 Å². The fourth-order valence-corrected chi connectivity index (χ4v) is 2.00. The molecule has 0 spiro atoms. The molecule has 4 heteroatoms. The number of benzene rings is 1. The van der Waals surface area contributed by atoms with Crippen LogP contribution in [0.4, 0.5) is 8.78 Å². The zero-order valence-corrected chi connectivity index (χ0v) is 9.83. The first-order chi connectivity index (χ1) is 8.07. The molecule has 2 unspecified atom stereocenters. The molecule has 0 bridgehead atoms. The van der Waals surface area contributed by atoms with Crippen LogP contribution in [-0.2, 0) is 11.3 Å². The number of ether oxygens (including phenoxy) is 1. The highest BCUT2D eigenvalue weighted by Crippen LogP contribution is 2.27. The normalized spacial score (nSPS) is 24.8. The summed E-state index contributed by atoms with van der Waals surface area (Å²) in [4.78, 5) is 0. The molecule has 0 amide bonds. The lowest BCUT2D eigenvalue weighted by molar-refractivity contribution is -0.000501. The zero-order valence-electron chi connectivity index (χ0n) is 9.83. The van der Waals surface area contributed by atoms with Crippen molar-refractivity contribution >= 4 is 0 Å². The van der Waals surface area contributed by atoms with Crippen LogP contribution in [0.15, 0.2) is 30.3 Å². The molecule has 2 nitrogen and oxygen atoms in total. The molecule has 0 radical (unpaired) electrons. The lowest BCUT2D eigenvalue weighted by Crippen LogP contribution is -2.34. The number of rotatable bonds is 4. The SMILES string of the molecule is CC(OCc1ccccc1)C1CC(F)(F)CN1. The first kappa shape index (κ1) is 12.5. The third-order valence-corrected chi connectivity index (χ3v) is 3.06. The Bertz CT molecular complexity index is 356. The maximum Gasteiger partial charge on any atom is 0.261 e. The molecule has 0 saturated carbocycles. The van der Waals surface area contributed by atoms with Gasteiger partial charge in [0.15, 0.2) is 0 Å². The molecule has 0 aromatic heterocycles. The summed E-state index contributed by atoms with van der Waals surface area (Å²) in [6.45, 7) is 2.06. The third-order valence-electron chi connectivity index (χ3n) is 3.06. The molecular weight excluding hydrogens is 224 g/mol. The van der Waals surface area contributed by atoms with Gasteiger partial charge in [-0.2, -0.15) is 0 Å². The number of halogens is 2. The van der Waals surface area contributed by atoms with Gasteiger partial charge >= 0.3 is 0 Å². The molecule has 17 heavy (non-hydrogen) atoms. The van der Waals surface area contributed by atoms with Gasteiger partial charge in [-0.15, -0.1) is 0 Å². The molecule has 1 aromatic rings. The summed E-state index contributed by atoms with van der Waals surface area (Å²) in [6, 6.07) is 9.48. The van der Waals surface area contributed by atoms with Crippen LogP contribution in [0.5, 0.6) is 0 Å². The zero-order chi connectivity index (χ0) is 12.3. The van der Waals surface area contributed by atoms with Crippen molar-refractivity contribution in [3.05, 3.63) is 35.9 Å². The Morgan fingerprint density at radius 1 is 1.41 bits per heavy atom. The molecular formula is C13H17F2NO. The van der Waals surface area contributed by atoms with Gasteiger partial charge in [-0.1, -0.05) is 30.3 Å². The van der Waals surface area contributed by atoms with Gasteiger partial charge < -0.3 is 10.1 Å². The van der Waals surface area contributed by atoms with Gasteiger partial charge in [-0.3, -0.25) is 0 Å². The van der Waals surface area contributed by atoms with Gasteiger partial charge in [0, 0.05) is 12.5 Å². The predicted octanol–water partition coefficient (Wildman–Crippen LogP) is 2.59. The molecule has 1 saturated heterocycles. The van der Waals surface area contributed by atoms with E-state index in [1.807, 2.05) is 37.3 Å². The van der Waals surface area contributed by atoms with Crippen LogP contribution < -0.4 is 5.32 Å². The van der Waals surface area contributed by atoms with Crippen molar-refractivity contribution in [3.63, 3.8) is 0 Å². The molecule has 1 aliphatic heterocycles. The summed E-state index contributed by atoms with van der Waals surface area (Å²) >= 11 is 0. The number of hydrogen-bond donors (Lipinski definition) is 1. The van der Waals surface area contributed by atoms with Crippen molar-refractivity contribution in [1.29, 1.82) is 0 Å². The van der Waals surface area contributed by atoms with Gasteiger partial charge in [0.2, 0.25) is 0 Å². The topological polar surface area (TPSA) is 21.3 Å². The Labute approximate surface area is 100.0 Å². The van der Waals surface area contributed by atoms with Crippen molar-refractivity contribution < 1.29 is 13.5 Å². The molecule has 0 aliphatic carbocycles. The molecule has 1 aromatic carbocycles. The van der Waals surface area contributed by atoms with Crippen LogP contribution in [-0.4, -0.2) is 24.6 Å². The standard InChI is InChI=1S/C13H17F2NO/c1-10(12-7-13(14,15)9-16-12)17-8-11-5-3-2-4-6-11/h2-6,10,12,16H,7-9H2,1H3. The highest BCUT2D eigenvalue weighted by atomic mass is 19.3. The van der Waals surface area contributed by atoms with Crippen LogP contribution in [0.3, 0.4) is 0 Å². The van der Waals surface area contributed by atoms with Gasteiger partial charge in [-0.25, -0.2) is 8.78 Å². The van der Waals surface area contributed by atoms with E-state index in [9.17, 15) is 8.78 Å². The van der Waals surface area contributed by atoms with Crippen molar-refractivity contribution in [2.75, 3.05) is 6.54 Å². The average Bonchev–Trinajstić information content (AvgIpc) is 2.68. The minimum Gasteiger partial charge on any atom is -0.372 e. The van der Waals surface area contributed by atoms with Crippen molar-refractivity contribution in [1.82, 2.24) is 5.32 Å². The Kier molecular flexibility index (Phi) is 3.74. The predicted molar refractivity (Wildman–Crippen MR) is 62.0 cm³/mol.